The minimum absolute atomic E-state index is 0.0855. The van der Waals surface area contributed by atoms with Crippen molar-refractivity contribution in [2.75, 3.05) is 24.5 Å². The molecule has 0 bridgehead atoms. The highest BCUT2D eigenvalue weighted by molar-refractivity contribution is 5.50. The van der Waals surface area contributed by atoms with Gasteiger partial charge in [-0.3, -0.25) is 0 Å². The second-order valence-electron chi connectivity index (χ2n) is 5.08. The molecule has 0 atom stereocenters. The number of hydrogen-bond acceptors (Lipinski definition) is 2. The molecule has 3 heteroatoms. The van der Waals surface area contributed by atoms with Crippen molar-refractivity contribution in [1.29, 1.82) is 0 Å². The summed E-state index contributed by atoms with van der Waals surface area (Å²) >= 11 is 0. The van der Waals surface area contributed by atoms with Gasteiger partial charge in [-0.05, 0) is 37.5 Å². The summed E-state index contributed by atoms with van der Waals surface area (Å²) in [7, 11) is 0. The highest BCUT2D eigenvalue weighted by Crippen LogP contribution is 2.39. The van der Waals surface area contributed by atoms with Gasteiger partial charge in [0.25, 0.3) is 0 Å². The van der Waals surface area contributed by atoms with Gasteiger partial charge in [0.15, 0.2) is 0 Å². The molecule has 1 aliphatic heterocycles. The number of nitrogens with one attached hydrogen (secondary N) is 1. The molecule has 1 aromatic carbocycles. The lowest BCUT2D eigenvalue weighted by Crippen LogP contribution is -2.52. The second kappa shape index (κ2) is 3.45. The van der Waals surface area contributed by atoms with E-state index in [0.717, 1.165) is 30.9 Å². The number of rotatable bonds is 1. The third-order valence-electron chi connectivity index (χ3n) is 3.67. The first kappa shape index (κ1) is 10.1. The quantitative estimate of drug-likeness (QED) is 0.779. The molecule has 1 saturated carbocycles. The third kappa shape index (κ3) is 1.69. The zero-order valence-electron chi connectivity index (χ0n) is 9.59. The van der Waals surface area contributed by atoms with Gasteiger partial charge in [-0.1, -0.05) is 6.07 Å². The summed E-state index contributed by atoms with van der Waals surface area (Å²) < 4.78 is 13.8. The van der Waals surface area contributed by atoms with Crippen molar-refractivity contribution in [1.82, 2.24) is 5.32 Å². The molecular weight excluding hydrogens is 203 g/mol. The topological polar surface area (TPSA) is 15.3 Å². The highest BCUT2D eigenvalue weighted by Gasteiger charge is 2.45. The summed E-state index contributed by atoms with van der Waals surface area (Å²) in [5.74, 6) is -0.0855. The lowest BCUT2D eigenvalue weighted by atomic mass is 10.1. The lowest BCUT2D eigenvalue weighted by Gasteiger charge is -2.35. The van der Waals surface area contributed by atoms with E-state index in [-0.39, 0.29) is 5.82 Å². The molecule has 1 N–H and O–H groups in total. The van der Waals surface area contributed by atoms with Crippen LogP contribution in [0.5, 0.6) is 0 Å². The van der Waals surface area contributed by atoms with E-state index in [1.54, 1.807) is 6.07 Å². The Balaban J connectivity index is 1.85. The Morgan fingerprint density at radius 1 is 1.38 bits per heavy atom. The largest absolute Gasteiger partial charge is 0.366 e. The molecule has 1 spiro atoms. The van der Waals surface area contributed by atoms with E-state index in [4.69, 9.17) is 0 Å². The molecule has 1 saturated heterocycles. The van der Waals surface area contributed by atoms with Crippen LogP contribution in [0.15, 0.2) is 18.2 Å². The van der Waals surface area contributed by atoms with Crippen LogP contribution in [0, 0.1) is 12.7 Å². The Labute approximate surface area is 95.4 Å². The zero-order valence-corrected chi connectivity index (χ0v) is 9.59. The number of anilines is 1. The van der Waals surface area contributed by atoms with Crippen molar-refractivity contribution in [2.45, 2.75) is 25.3 Å². The summed E-state index contributed by atoms with van der Waals surface area (Å²) in [5, 5.41) is 3.54. The van der Waals surface area contributed by atoms with E-state index in [1.807, 2.05) is 19.1 Å². The maximum absolute atomic E-state index is 13.8. The maximum Gasteiger partial charge on any atom is 0.146 e. The van der Waals surface area contributed by atoms with Crippen LogP contribution in [0.25, 0.3) is 0 Å². The maximum atomic E-state index is 13.8. The third-order valence-corrected chi connectivity index (χ3v) is 3.67. The van der Waals surface area contributed by atoms with Crippen molar-refractivity contribution in [2.24, 2.45) is 0 Å². The number of hydrogen-bond donors (Lipinski definition) is 1. The number of nitrogens with zero attached hydrogens (tertiary/aromatic N) is 1. The monoisotopic (exact) mass is 220 g/mol. The Hall–Kier alpha value is -1.09. The second-order valence-corrected chi connectivity index (χ2v) is 5.08. The molecule has 1 heterocycles. The summed E-state index contributed by atoms with van der Waals surface area (Å²) in [5.41, 5.74) is 2.05. The standard InChI is InChI=1S/C13H17FN2/c1-10-2-3-12(11(14)8-10)16-7-6-15-13(9-16)4-5-13/h2-3,8,15H,4-7,9H2,1H3. The van der Waals surface area contributed by atoms with Crippen LogP contribution in [-0.4, -0.2) is 25.2 Å². The van der Waals surface area contributed by atoms with Gasteiger partial charge in [-0.25, -0.2) is 4.39 Å². The fourth-order valence-corrected chi connectivity index (χ4v) is 2.52. The first-order chi connectivity index (χ1) is 7.69. The number of benzene rings is 1. The predicted molar refractivity (Wildman–Crippen MR) is 63.3 cm³/mol. The van der Waals surface area contributed by atoms with Crippen molar-refractivity contribution in [3.63, 3.8) is 0 Å². The molecule has 0 aromatic heterocycles. The van der Waals surface area contributed by atoms with E-state index >= 15 is 0 Å². The minimum Gasteiger partial charge on any atom is -0.366 e. The fourth-order valence-electron chi connectivity index (χ4n) is 2.52. The average molecular weight is 220 g/mol. The smallest absolute Gasteiger partial charge is 0.146 e. The van der Waals surface area contributed by atoms with Gasteiger partial charge in [0, 0.05) is 25.2 Å². The summed E-state index contributed by atoms with van der Waals surface area (Å²) in [6.07, 6.45) is 2.47. The Kier molecular flexibility index (Phi) is 2.18. The van der Waals surface area contributed by atoms with E-state index in [1.165, 1.54) is 12.8 Å². The molecule has 2 aliphatic rings. The van der Waals surface area contributed by atoms with Crippen LogP contribution in [0.2, 0.25) is 0 Å². The van der Waals surface area contributed by atoms with E-state index < -0.39 is 0 Å². The number of aryl methyl sites for hydroxylation is 1. The van der Waals surface area contributed by atoms with Gasteiger partial charge in [-0.15, -0.1) is 0 Å². The highest BCUT2D eigenvalue weighted by atomic mass is 19.1. The van der Waals surface area contributed by atoms with E-state index in [2.05, 4.69) is 10.2 Å². The first-order valence-corrected chi connectivity index (χ1v) is 5.95. The van der Waals surface area contributed by atoms with Crippen molar-refractivity contribution >= 4 is 5.69 Å². The molecule has 0 amide bonds. The van der Waals surface area contributed by atoms with Crippen LogP contribution in [-0.2, 0) is 0 Å². The normalized spacial score (nSPS) is 22.5. The Bertz CT molecular complexity index is 412. The molecule has 2 nitrogen and oxygen atoms in total. The molecule has 86 valence electrons. The van der Waals surface area contributed by atoms with Crippen molar-refractivity contribution < 1.29 is 4.39 Å². The van der Waals surface area contributed by atoms with Crippen molar-refractivity contribution in [3.05, 3.63) is 29.6 Å². The van der Waals surface area contributed by atoms with Crippen molar-refractivity contribution in [3.8, 4) is 0 Å². The Morgan fingerprint density at radius 3 is 2.88 bits per heavy atom. The van der Waals surface area contributed by atoms with Crippen LogP contribution in [0.3, 0.4) is 0 Å². The first-order valence-electron chi connectivity index (χ1n) is 5.95. The van der Waals surface area contributed by atoms with Gasteiger partial charge in [-0.2, -0.15) is 0 Å². The molecular formula is C13H17FN2. The fraction of sp³-hybridized carbons (Fsp3) is 0.538. The molecule has 2 fully saturated rings. The molecule has 0 unspecified atom stereocenters. The SMILES string of the molecule is Cc1ccc(N2CCNC3(CC3)C2)c(F)c1. The minimum atomic E-state index is -0.0855. The predicted octanol–water partition coefficient (Wildman–Crippen LogP) is 2.08. The average Bonchev–Trinajstić information content (AvgIpc) is 2.97. The van der Waals surface area contributed by atoms with Crippen LogP contribution in [0.4, 0.5) is 10.1 Å². The summed E-state index contributed by atoms with van der Waals surface area (Å²) in [6, 6.07) is 5.52. The summed E-state index contributed by atoms with van der Waals surface area (Å²) in [4.78, 5) is 2.18. The Morgan fingerprint density at radius 2 is 2.19 bits per heavy atom. The lowest BCUT2D eigenvalue weighted by molar-refractivity contribution is 0.438. The molecule has 0 radical (unpaired) electrons. The number of piperazine rings is 1. The summed E-state index contributed by atoms with van der Waals surface area (Å²) in [6.45, 7) is 4.75. The van der Waals surface area contributed by atoms with Gasteiger partial charge in [0.2, 0.25) is 0 Å². The van der Waals surface area contributed by atoms with Crippen LogP contribution >= 0.6 is 0 Å². The van der Waals surface area contributed by atoms with E-state index in [9.17, 15) is 4.39 Å². The van der Waals surface area contributed by atoms with Crippen LogP contribution in [0.1, 0.15) is 18.4 Å². The zero-order chi connectivity index (χ0) is 11.2. The van der Waals surface area contributed by atoms with Gasteiger partial charge >= 0.3 is 0 Å². The molecule has 1 aliphatic carbocycles. The van der Waals surface area contributed by atoms with Gasteiger partial charge < -0.3 is 10.2 Å². The van der Waals surface area contributed by atoms with E-state index in [0.29, 0.717) is 5.54 Å². The number of halogens is 1. The van der Waals surface area contributed by atoms with Crippen LogP contribution < -0.4 is 10.2 Å². The molecule has 16 heavy (non-hydrogen) atoms. The molecule has 3 rings (SSSR count). The van der Waals surface area contributed by atoms with Gasteiger partial charge in [0.1, 0.15) is 5.82 Å². The van der Waals surface area contributed by atoms with Gasteiger partial charge in [0.05, 0.1) is 5.69 Å². The molecule has 1 aromatic rings.